The van der Waals surface area contributed by atoms with Gasteiger partial charge in [-0.2, -0.15) is 17.6 Å². The smallest absolute Gasteiger partial charge is 0.461 e. The van der Waals surface area contributed by atoms with E-state index in [1.807, 2.05) is 0 Å². The van der Waals surface area contributed by atoms with Crippen molar-refractivity contribution < 1.29 is 41.7 Å². The monoisotopic (exact) mass is 390 g/mol. The molecule has 2 unspecified atom stereocenters. The van der Waals surface area contributed by atoms with Crippen LogP contribution in [0.2, 0.25) is 0 Å². The molecule has 2 N–H and O–H groups in total. The molecule has 0 aliphatic carbocycles. The third-order valence-electron chi connectivity index (χ3n) is 3.75. The summed E-state index contributed by atoms with van der Waals surface area (Å²) in [4.78, 5) is 11.5. The molecule has 2 atom stereocenters. The number of benzene rings is 2. The SMILES string of the molecule is O=C(O)C(Cc1cccc(OC(F)(F)C(F)F)c1)C(O)c1cccc(F)c1. The molecule has 27 heavy (non-hydrogen) atoms. The maximum absolute atomic E-state index is 13.3. The van der Waals surface area contributed by atoms with Gasteiger partial charge in [0, 0.05) is 0 Å². The Balaban J connectivity index is 2.22. The van der Waals surface area contributed by atoms with Crippen molar-refractivity contribution in [2.75, 3.05) is 0 Å². The molecular weight excluding hydrogens is 375 g/mol. The molecule has 0 aromatic heterocycles. The Morgan fingerprint density at radius 2 is 1.78 bits per heavy atom. The fourth-order valence-electron chi connectivity index (χ4n) is 2.45. The molecule has 2 rings (SSSR count). The fourth-order valence-corrected chi connectivity index (χ4v) is 2.45. The topological polar surface area (TPSA) is 66.8 Å². The summed E-state index contributed by atoms with van der Waals surface area (Å²) in [6.07, 6.45) is -10.6. The van der Waals surface area contributed by atoms with Crippen LogP contribution in [0.4, 0.5) is 22.0 Å². The first-order valence-corrected chi connectivity index (χ1v) is 7.70. The average Bonchev–Trinajstić information content (AvgIpc) is 2.58. The number of carbonyl (C=O) groups is 1. The van der Waals surface area contributed by atoms with Crippen LogP contribution in [0.15, 0.2) is 48.5 Å². The van der Waals surface area contributed by atoms with Crippen LogP contribution in [0, 0.1) is 11.7 Å². The minimum Gasteiger partial charge on any atom is -0.481 e. The normalized spacial score (nSPS) is 14.0. The molecule has 2 aromatic carbocycles. The highest BCUT2D eigenvalue weighted by Crippen LogP contribution is 2.30. The summed E-state index contributed by atoms with van der Waals surface area (Å²) < 4.78 is 67.7. The van der Waals surface area contributed by atoms with E-state index >= 15 is 0 Å². The van der Waals surface area contributed by atoms with Crippen LogP contribution in [0.1, 0.15) is 17.2 Å². The summed E-state index contributed by atoms with van der Waals surface area (Å²) in [5, 5.41) is 19.6. The number of carboxylic acids is 1. The van der Waals surface area contributed by atoms with Crippen LogP contribution < -0.4 is 4.74 Å². The first kappa shape index (κ1) is 20.6. The first-order chi connectivity index (χ1) is 12.6. The summed E-state index contributed by atoms with van der Waals surface area (Å²) >= 11 is 0. The van der Waals surface area contributed by atoms with E-state index < -0.39 is 42.1 Å². The van der Waals surface area contributed by atoms with Gasteiger partial charge in [0.1, 0.15) is 11.6 Å². The van der Waals surface area contributed by atoms with Gasteiger partial charge < -0.3 is 14.9 Å². The number of alkyl halides is 4. The number of rotatable bonds is 8. The zero-order chi connectivity index (χ0) is 20.2. The minimum atomic E-state index is -4.70. The standard InChI is InChI=1S/C18H15F5O4/c19-12-5-2-4-11(9-12)15(24)14(16(25)26)8-10-3-1-6-13(7-10)27-18(22,23)17(20)21/h1-7,9,14-15,17,24H,8H2,(H,25,26). The molecule has 9 heteroatoms. The van der Waals surface area contributed by atoms with Crippen LogP contribution in [0.25, 0.3) is 0 Å². The van der Waals surface area contributed by atoms with Crippen molar-refractivity contribution in [1.29, 1.82) is 0 Å². The molecule has 2 aromatic rings. The zero-order valence-corrected chi connectivity index (χ0v) is 13.7. The van der Waals surface area contributed by atoms with Gasteiger partial charge >= 0.3 is 18.5 Å². The summed E-state index contributed by atoms with van der Waals surface area (Å²) in [5.74, 6) is -4.09. The van der Waals surface area contributed by atoms with Gasteiger partial charge in [-0.05, 0) is 41.8 Å². The number of hydrogen-bond donors (Lipinski definition) is 2. The molecule has 0 amide bonds. The quantitative estimate of drug-likeness (QED) is 0.668. The molecule has 0 spiro atoms. The Kier molecular flexibility index (Phi) is 6.37. The van der Waals surface area contributed by atoms with Gasteiger partial charge in [0.2, 0.25) is 0 Å². The molecule has 0 aliphatic heterocycles. The highest BCUT2D eigenvalue weighted by atomic mass is 19.3. The third-order valence-corrected chi connectivity index (χ3v) is 3.75. The molecule has 0 radical (unpaired) electrons. The molecule has 0 aliphatic rings. The molecule has 4 nitrogen and oxygen atoms in total. The predicted molar refractivity (Wildman–Crippen MR) is 84.2 cm³/mol. The number of aliphatic carboxylic acids is 1. The fraction of sp³-hybridized carbons (Fsp3) is 0.278. The second kappa shape index (κ2) is 8.34. The third kappa shape index (κ3) is 5.40. The molecule has 0 fully saturated rings. The minimum absolute atomic E-state index is 0.0269. The summed E-state index contributed by atoms with van der Waals surface area (Å²) in [7, 11) is 0. The maximum Gasteiger partial charge on any atom is 0.461 e. The maximum atomic E-state index is 13.3. The van der Waals surface area contributed by atoms with Crippen LogP contribution in [-0.4, -0.2) is 28.7 Å². The molecule has 146 valence electrons. The van der Waals surface area contributed by atoms with Crippen molar-refractivity contribution in [1.82, 2.24) is 0 Å². The summed E-state index contributed by atoms with van der Waals surface area (Å²) in [6, 6.07) is 9.31. The predicted octanol–water partition coefficient (Wildman–Crippen LogP) is 4.04. The largest absolute Gasteiger partial charge is 0.481 e. The lowest BCUT2D eigenvalue weighted by Gasteiger charge is -2.21. The van der Waals surface area contributed by atoms with Crippen molar-refractivity contribution >= 4 is 5.97 Å². The Morgan fingerprint density at radius 3 is 2.37 bits per heavy atom. The van der Waals surface area contributed by atoms with Crippen molar-refractivity contribution in [2.45, 2.75) is 25.1 Å². The van der Waals surface area contributed by atoms with E-state index in [0.717, 1.165) is 24.3 Å². The number of halogens is 5. The summed E-state index contributed by atoms with van der Waals surface area (Å²) in [6.45, 7) is 0. The second-order valence-electron chi connectivity index (χ2n) is 5.76. The Morgan fingerprint density at radius 1 is 1.11 bits per heavy atom. The lowest BCUT2D eigenvalue weighted by atomic mass is 9.90. The Bertz CT molecular complexity index is 797. The van der Waals surface area contributed by atoms with Crippen molar-refractivity contribution in [3.05, 3.63) is 65.5 Å². The van der Waals surface area contributed by atoms with Crippen LogP contribution in [-0.2, 0) is 11.2 Å². The van der Waals surface area contributed by atoms with E-state index in [-0.39, 0.29) is 17.5 Å². The first-order valence-electron chi connectivity index (χ1n) is 7.70. The van der Waals surface area contributed by atoms with E-state index in [1.54, 1.807) is 0 Å². The van der Waals surface area contributed by atoms with Crippen LogP contribution in [0.3, 0.4) is 0 Å². The Hall–Kier alpha value is -2.68. The number of carboxylic acid groups (broad SMARTS) is 1. The van der Waals surface area contributed by atoms with Gasteiger partial charge in [-0.3, -0.25) is 4.79 Å². The zero-order valence-electron chi connectivity index (χ0n) is 13.7. The van der Waals surface area contributed by atoms with Gasteiger partial charge in [-0.1, -0.05) is 24.3 Å². The van der Waals surface area contributed by atoms with Crippen molar-refractivity contribution in [2.24, 2.45) is 5.92 Å². The van der Waals surface area contributed by atoms with Crippen molar-refractivity contribution in [3.63, 3.8) is 0 Å². The molecule has 0 saturated heterocycles. The van der Waals surface area contributed by atoms with E-state index in [4.69, 9.17) is 0 Å². The number of hydrogen-bond acceptors (Lipinski definition) is 3. The number of aliphatic hydroxyl groups excluding tert-OH is 1. The lowest BCUT2D eigenvalue weighted by Crippen LogP contribution is -2.33. The Labute approximate surface area is 150 Å². The van der Waals surface area contributed by atoms with Crippen LogP contribution >= 0.6 is 0 Å². The number of ether oxygens (including phenoxy) is 1. The van der Waals surface area contributed by atoms with E-state index in [1.165, 1.54) is 24.3 Å². The molecule has 0 heterocycles. The van der Waals surface area contributed by atoms with E-state index in [0.29, 0.717) is 0 Å². The highest BCUT2D eigenvalue weighted by molar-refractivity contribution is 5.71. The number of aliphatic hydroxyl groups is 1. The molecular formula is C18H15F5O4. The molecule has 0 saturated carbocycles. The van der Waals surface area contributed by atoms with Crippen LogP contribution in [0.5, 0.6) is 5.75 Å². The van der Waals surface area contributed by atoms with Crippen molar-refractivity contribution in [3.8, 4) is 5.75 Å². The van der Waals surface area contributed by atoms with Gasteiger partial charge in [-0.25, -0.2) is 4.39 Å². The van der Waals surface area contributed by atoms with Gasteiger partial charge in [0.25, 0.3) is 0 Å². The van der Waals surface area contributed by atoms with Gasteiger partial charge in [-0.15, -0.1) is 0 Å². The second-order valence-corrected chi connectivity index (χ2v) is 5.76. The molecule has 0 bridgehead atoms. The lowest BCUT2D eigenvalue weighted by molar-refractivity contribution is -0.253. The van der Waals surface area contributed by atoms with E-state index in [9.17, 15) is 37.0 Å². The summed E-state index contributed by atoms with van der Waals surface area (Å²) in [5.41, 5.74) is 0.180. The highest BCUT2D eigenvalue weighted by Gasteiger charge is 2.44. The van der Waals surface area contributed by atoms with E-state index in [2.05, 4.69) is 4.74 Å². The van der Waals surface area contributed by atoms with Gasteiger partial charge in [0.05, 0.1) is 12.0 Å². The van der Waals surface area contributed by atoms with Gasteiger partial charge in [0.15, 0.2) is 0 Å². The average molecular weight is 390 g/mol.